The number of nitrogens with zero attached hydrogens (tertiary/aromatic N) is 2. The molecular formula is C13H11ClN6S. The number of benzene rings is 1. The van der Waals surface area contributed by atoms with Gasteiger partial charge in [-0.25, -0.2) is 4.98 Å². The van der Waals surface area contributed by atoms with E-state index in [1.165, 1.54) is 0 Å². The third-order valence-corrected chi connectivity index (χ3v) is 4.27. The predicted octanol–water partition coefficient (Wildman–Crippen LogP) is 2.74. The summed E-state index contributed by atoms with van der Waals surface area (Å²) in [6, 6.07) is 9.28. The van der Waals surface area contributed by atoms with Crippen LogP contribution in [0.3, 0.4) is 0 Å². The summed E-state index contributed by atoms with van der Waals surface area (Å²) < 4.78 is 0. The Kier molecular flexibility index (Phi) is 3.75. The van der Waals surface area contributed by atoms with Gasteiger partial charge < -0.3 is 5.73 Å². The van der Waals surface area contributed by atoms with Crippen molar-refractivity contribution in [2.24, 2.45) is 0 Å². The number of fused-ring (bicyclic) bond motifs is 1. The number of hydrogen-bond donors (Lipinski definition) is 4. The smallest absolute Gasteiger partial charge is 0.169 e. The SMILES string of the molecule is N#Cc1cc(Cl)ccc1CSc1cc(N)nc2c1NNN2. The first kappa shape index (κ1) is 13.8. The van der Waals surface area contributed by atoms with Gasteiger partial charge in [-0.2, -0.15) is 5.26 Å². The molecule has 8 heteroatoms. The highest BCUT2D eigenvalue weighted by atomic mass is 35.5. The molecule has 0 spiro atoms. The van der Waals surface area contributed by atoms with Gasteiger partial charge in [0.2, 0.25) is 0 Å². The second-order valence-corrected chi connectivity index (χ2v) is 5.80. The number of nitrogens with two attached hydrogens (primary N) is 1. The van der Waals surface area contributed by atoms with Gasteiger partial charge in [-0.1, -0.05) is 17.7 Å². The maximum Gasteiger partial charge on any atom is 0.169 e. The molecule has 0 atom stereocenters. The number of nitriles is 1. The fraction of sp³-hybridized carbons (Fsp3) is 0.0769. The van der Waals surface area contributed by atoms with Gasteiger partial charge in [0.25, 0.3) is 0 Å². The molecule has 0 radical (unpaired) electrons. The number of halogens is 1. The van der Waals surface area contributed by atoms with Gasteiger partial charge in [0.1, 0.15) is 11.5 Å². The topological polar surface area (TPSA) is 98.8 Å². The molecule has 1 aliphatic rings. The van der Waals surface area contributed by atoms with E-state index in [4.69, 9.17) is 22.6 Å². The van der Waals surface area contributed by atoms with Crippen molar-refractivity contribution in [3.63, 3.8) is 0 Å². The number of hydrogen-bond acceptors (Lipinski definition) is 7. The van der Waals surface area contributed by atoms with Gasteiger partial charge in [-0.15, -0.1) is 17.3 Å². The molecule has 2 heterocycles. The molecule has 0 amide bonds. The van der Waals surface area contributed by atoms with Crippen LogP contribution in [-0.4, -0.2) is 4.98 Å². The lowest BCUT2D eigenvalue weighted by molar-refractivity contribution is 0.997. The van der Waals surface area contributed by atoms with E-state index in [9.17, 15) is 0 Å². The Balaban J connectivity index is 1.85. The first-order chi connectivity index (χ1) is 10.2. The van der Waals surface area contributed by atoms with E-state index in [1.54, 1.807) is 30.0 Å². The van der Waals surface area contributed by atoms with Crippen molar-refractivity contribution in [1.82, 2.24) is 10.5 Å². The van der Waals surface area contributed by atoms with Crippen molar-refractivity contribution >= 4 is 40.7 Å². The number of aromatic nitrogens is 1. The summed E-state index contributed by atoms with van der Waals surface area (Å²) in [5, 5.41) is 9.72. The Hall–Kier alpha value is -2.14. The average molecular weight is 319 g/mol. The van der Waals surface area contributed by atoms with Gasteiger partial charge >= 0.3 is 0 Å². The normalized spacial score (nSPS) is 12.2. The monoisotopic (exact) mass is 318 g/mol. The van der Waals surface area contributed by atoms with Gasteiger partial charge in [0, 0.05) is 15.7 Å². The van der Waals surface area contributed by atoms with E-state index < -0.39 is 0 Å². The van der Waals surface area contributed by atoms with Gasteiger partial charge in [-0.05, 0) is 23.8 Å². The molecule has 3 rings (SSSR count). The summed E-state index contributed by atoms with van der Waals surface area (Å²) >= 11 is 7.47. The van der Waals surface area contributed by atoms with Crippen LogP contribution in [0.1, 0.15) is 11.1 Å². The third kappa shape index (κ3) is 2.83. The molecule has 6 nitrogen and oxygen atoms in total. The van der Waals surface area contributed by atoms with E-state index in [1.807, 2.05) is 6.07 Å². The standard InChI is InChI=1S/C13H11ClN6S/c14-9-2-1-7(8(3-9)5-15)6-21-10-4-11(16)17-13-12(10)18-20-19-13/h1-4,18,20H,6H2,(H3,16,17,19). The second kappa shape index (κ2) is 5.69. The first-order valence-corrected chi connectivity index (χ1v) is 7.42. The Morgan fingerprint density at radius 3 is 3.00 bits per heavy atom. The molecule has 1 aromatic carbocycles. The summed E-state index contributed by atoms with van der Waals surface area (Å²) in [4.78, 5) is 5.13. The highest BCUT2D eigenvalue weighted by Gasteiger charge is 2.17. The zero-order valence-corrected chi connectivity index (χ0v) is 12.3. The maximum atomic E-state index is 9.16. The van der Waals surface area contributed by atoms with Crippen LogP contribution in [0.5, 0.6) is 0 Å². The van der Waals surface area contributed by atoms with Crippen molar-refractivity contribution in [2.75, 3.05) is 16.6 Å². The predicted molar refractivity (Wildman–Crippen MR) is 84.8 cm³/mol. The summed E-state index contributed by atoms with van der Waals surface area (Å²) in [6.45, 7) is 0. The van der Waals surface area contributed by atoms with Crippen molar-refractivity contribution in [1.29, 1.82) is 5.26 Å². The number of anilines is 3. The van der Waals surface area contributed by atoms with Crippen molar-refractivity contribution in [3.8, 4) is 6.07 Å². The Labute approximate surface area is 130 Å². The van der Waals surface area contributed by atoms with Crippen LogP contribution in [0, 0.1) is 11.3 Å². The molecular weight excluding hydrogens is 308 g/mol. The van der Waals surface area contributed by atoms with Gasteiger partial charge in [0.05, 0.1) is 11.6 Å². The van der Waals surface area contributed by atoms with E-state index in [2.05, 4.69) is 27.4 Å². The molecule has 0 bridgehead atoms. The molecule has 21 heavy (non-hydrogen) atoms. The molecule has 0 saturated heterocycles. The zero-order chi connectivity index (χ0) is 14.8. The molecule has 1 aliphatic heterocycles. The number of nitrogen functional groups attached to an aromatic ring is 1. The number of hydrazine groups is 2. The maximum absolute atomic E-state index is 9.16. The van der Waals surface area contributed by atoms with E-state index >= 15 is 0 Å². The number of thioether (sulfide) groups is 1. The Morgan fingerprint density at radius 2 is 2.19 bits per heavy atom. The molecule has 5 N–H and O–H groups in total. The highest BCUT2D eigenvalue weighted by molar-refractivity contribution is 7.98. The lowest BCUT2D eigenvalue weighted by atomic mass is 10.1. The summed E-state index contributed by atoms with van der Waals surface area (Å²) in [6.07, 6.45) is 0. The first-order valence-electron chi connectivity index (χ1n) is 6.06. The van der Waals surface area contributed by atoms with Crippen molar-refractivity contribution in [3.05, 3.63) is 40.4 Å². The Bertz CT molecular complexity index is 742. The van der Waals surface area contributed by atoms with Crippen LogP contribution in [0.15, 0.2) is 29.2 Å². The fourth-order valence-corrected chi connectivity index (χ4v) is 3.18. The minimum Gasteiger partial charge on any atom is -0.384 e. The van der Waals surface area contributed by atoms with Gasteiger partial charge in [-0.3, -0.25) is 10.9 Å². The van der Waals surface area contributed by atoms with Crippen LogP contribution in [-0.2, 0) is 5.75 Å². The molecule has 0 unspecified atom stereocenters. The van der Waals surface area contributed by atoms with Crippen LogP contribution in [0.2, 0.25) is 5.02 Å². The molecule has 106 valence electrons. The average Bonchev–Trinajstić information content (AvgIpc) is 2.93. The summed E-state index contributed by atoms with van der Waals surface area (Å²) in [5.41, 5.74) is 16.8. The molecule has 2 aromatic rings. The van der Waals surface area contributed by atoms with Crippen LogP contribution in [0.4, 0.5) is 17.3 Å². The number of rotatable bonds is 3. The number of nitrogens with one attached hydrogen (secondary N) is 3. The minimum atomic E-state index is 0.436. The number of pyridine rings is 1. The van der Waals surface area contributed by atoms with E-state index in [0.29, 0.717) is 28.0 Å². The lowest BCUT2D eigenvalue weighted by Crippen LogP contribution is -2.19. The molecule has 0 fully saturated rings. The Morgan fingerprint density at radius 1 is 1.33 bits per heavy atom. The fourth-order valence-electron chi connectivity index (χ4n) is 1.95. The summed E-state index contributed by atoms with van der Waals surface area (Å²) in [5.74, 6) is 1.73. The summed E-state index contributed by atoms with van der Waals surface area (Å²) in [7, 11) is 0. The largest absolute Gasteiger partial charge is 0.384 e. The lowest BCUT2D eigenvalue weighted by Gasteiger charge is -2.08. The van der Waals surface area contributed by atoms with E-state index in [0.717, 1.165) is 16.1 Å². The van der Waals surface area contributed by atoms with Gasteiger partial charge in [0.15, 0.2) is 5.82 Å². The molecule has 1 aromatic heterocycles. The van der Waals surface area contributed by atoms with Crippen LogP contribution in [0.25, 0.3) is 0 Å². The van der Waals surface area contributed by atoms with Crippen molar-refractivity contribution in [2.45, 2.75) is 10.6 Å². The van der Waals surface area contributed by atoms with Crippen molar-refractivity contribution < 1.29 is 0 Å². The quantitative estimate of drug-likeness (QED) is 0.646. The molecule has 0 aliphatic carbocycles. The van der Waals surface area contributed by atoms with Crippen LogP contribution >= 0.6 is 23.4 Å². The zero-order valence-electron chi connectivity index (χ0n) is 10.8. The van der Waals surface area contributed by atoms with E-state index in [-0.39, 0.29) is 0 Å². The minimum absolute atomic E-state index is 0.436. The third-order valence-electron chi connectivity index (χ3n) is 2.95. The molecule has 0 saturated carbocycles. The van der Waals surface area contributed by atoms with Crippen LogP contribution < -0.4 is 22.1 Å². The second-order valence-electron chi connectivity index (χ2n) is 4.35. The highest BCUT2D eigenvalue weighted by Crippen LogP contribution is 2.37.